The molecule has 0 radical (unpaired) electrons. The molecule has 31 heavy (non-hydrogen) atoms. The monoisotopic (exact) mass is 486 g/mol. The minimum absolute atomic E-state index is 0.0261. The normalized spacial score (nSPS) is 12.8. The summed E-state index contributed by atoms with van der Waals surface area (Å²) in [7, 11) is -4.11. The van der Waals surface area contributed by atoms with Crippen LogP contribution < -0.4 is 4.18 Å². The van der Waals surface area contributed by atoms with Crippen molar-refractivity contribution in [2.75, 3.05) is 0 Å². The molecule has 2 aromatic carbocycles. The van der Waals surface area contributed by atoms with Crippen LogP contribution in [-0.4, -0.2) is 13.4 Å². The first-order chi connectivity index (χ1) is 14.5. The Balaban J connectivity index is 1.85. The van der Waals surface area contributed by atoms with Crippen LogP contribution in [0.5, 0.6) is 5.75 Å². The molecule has 0 aliphatic carbocycles. The molecule has 0 saturated carbocycles. The van der Waals surface area contributed by atoms with Gasteiger partial charge in [-0.1, -0.05) is 35.3 Å². The lowest BCUT2D eigenvalue weighted by atomic mass is 9.96. The Morgan fingerprint density at radius 1 is 1.03 bits per heavy atom. The van der Waals surface area contributed by atoms with E-state index in [9.17, 15) is 26.9 Å². The van der Waals surface area contributed by atoms with E-state index in [1.165, 1.54) is 48.5 Å². The molecule has 0 bridgehead atoms. The van der Waals surface area contributed by atoms with Gasteiger partial charge in [0.2, 0.25) is 0 Å². The van der Waals surface area contributed by atoms with Gasteiger partial charge in [-0.25, -0.2) is 0 Å². The topological polar surface area (TPSA) is 80.0 Å². The third kappa shape index (κ3) is 5.28. The van der Waals surface area contributed by atoms with E-state index in [1.54, 1.807) is 0 Å². The highest BCUT2D eigenvalue weighted by molar-refractivity contribution is 7.87. The zero-order valence-electron chi connectivity index (χ0n) is 15.3. The molecule has 0 aliphatic heterocycles. The number of nitriles is 1. The summed E-state index contributed by atoms with van der Waals surface area (Å²) in [6.45, 7) is 0. The number of hydrogen-bond acceptors (Lipinski definition) is 5. The molecule has 0 amide bonds. The predicted molar refractivity (Wildman–Crippen MR) is 107 cm³/mol. The number of rotatable bonds is 5. The summed E-state index contributed by atoms with van der Waals surface area (Å²) in [5, 5.41) is 9.55. The van der Waals surface area contributed by atoms with Gasteiger partial charge in [-0.3, -0.25) is 4.98 Å². The smallest absolute Gasteiger partial charge is 0.379 e. The highest BCUT2D eigenvalue weighted by atomic mass is 35.5. The van der Waals surface area contributed by atoms with Crippen LogP contribution in [0.4, 0.5) is 13.2 Å². The molecule has 0 fully saturated rings. The molecule has 160 valence electrons. The number of alkyl halides is 3. The van der Waals surface area contributed by atoms with Crippen molar-refractivity contribution < 1.29 is 25.8 Å². The molecule has 1 atom stereocenters. The highest BCUT2D eigenvalue weighted by Crippen LogP contribution is 2.35. The summed E-state index contributed by atoms with van der Waals surface area (Å²) in [4.78, 5) is 3.61. The summed E-state index contributed by atoms with van der Waals surface area (Å²) >= 11 is 11.7. The van der Waals surface area contributed by atoms with Crippen molar-refractivity contribution in [3.05, 3.63) is 87.7 Å². The minimum atomic E-state index is -4.62. The first kappa shape index (κ1) is 22.9. The summed E-state index contributed by atoms with van der Waals surface area (Å²) in [6.07, 6.45) is -4.02. The molecule has 1 aromatic heterocycles. The Labute approximate surface area is 185 Å². The Bertz CT molecular complexity index is 1240. The molecule has 0 N–H and O–H groups in total. The van der Waals surface area contributed by atoms with Crippen LogP contribution in [0.1, 0.15) is 22.7 Å². The van der Waals surface area contributed by atoms with Gasteiger partial charge in [0.1, 0.15) is 16.6 Å². The van der Waals surface area contributed by atoms with E-state index in [-0.39, 0.29) is 21.4 Å². The maximum atomic E-state index is 12.8. The van der Waals surface area contributed by atoms with E-state index in [0.717, 1.165) is 0 Å². The fourth-order valence-electron chi connectivity index (χ4n) is 2.60. The van der Waals surface area contributed by atoms with E-state index in [4.69, 9.17) is 27.4 Å². The van der Waals surface area contributed by atoms with Crippen molar-refractivity contribution in [3.8, 4) is 11.8 Å². The van der Waals surface area contributed by atoms with Crippen LogP contribution in [0.25, 0.3) is 0 Å². The van der Waals surface area contributed by atoms with Crippen molar-refractivity contribution in [1.29, 1.82) is 5.26 Å². The summed E-state index contributed by atoms with van der Waals surface area (Å²) in [5.41, 5.74) is -0.749. The number of pyridine rings is 1. The second kappa shape index (κ2) is 8.75. The van der Waals surface area contributed by atoms with Gasteiger partial charge in [-0.15, -0.1) is 0 Å². The molecule has 0 spiro atoms. The van der Waals surface area contributed by atoms with Gasteiger partial charge in [-0.2, -0.15) is 26.9 Å². The van der Waals surface area contributed by atoms with E-state index >= 15 is 0 Å². The van der Waals surface area contributed by atoms with Gasteiger partial charge in [-0.05, 0) is 48.0 Å². The van der Waals surface area contributed by atoms with Crippen molar-refractivity contribution in [3.63, 3.8) is 0 Å². The zero-order chi connectivity index (χ0) is 22.8. The summed E-state index contributed by atoms with van der Waals surface area (Å²) < 4.78 is 68.1. The Hall–Kier alpha value is -2.80. The first-order valence-electron chi connectivity index (χ1n) is 8.43. The van der Waals surface area contributed by atoms with E-state index in [1.807, 2.05) is 6.07 Å². The van der Waals surface area contributed by atoms with Gasteiger partial charge in [0.15, 0.2) is 0 Å². The number of aromatic nitrogens is 1. The van der Waals surface area contributed by atoms with E-state index in [0.29, 0.717) is 22.8 Å². The lowest BCUT2D eigenvalue weighted by Gasteiger charge is -2.14. The molecule has 3 aromatic rings. The van der Waals surface area contributed by atoms with E-state index in [2.05, 4.69) is 4.98 Å². The Morgan fingerprint density at radius 2 is 1.65 bits per heavy atom. The van der Waals surface area contributed by atoms with E-state index < -0.39 is 27.8 Å². The number of hydrogen-bond donors (Lipinski definition) is 0. The van der Waals surface area contributed by atoms with Crippen molar-refractivity contribution in [2.45, 2.75) is 17.0 Å². The zero-order valence-corrected chi connectivity index (χ0v) is 17.6. The van der Waals surface area contributed by atoms with Crippen molar-refractivity contribution >= 4 is 33.3 Å². The number of nitrogens with zero attached hydrogens (tertiary/aromatic N) is 2. The molecule has 3 rings (SSSR count). The molecule has 11 heteroatoms. The largest absolute Gasteiger partial charge is 0.417 e. The standard InChI is InChI=1S/C20H11Cl2F3N2O3S/c21-14-3-7-16(8-4-14)31(28,29)30-15-5-1-12(2-6-15)17(10-26)19-18(22)9-13(11-27-19)20(23,24)25/h1-9,11,17H/t17-/m1/s1. The molecule has 0 saturated heterocycles. The average molecular weight is 487 g/mol. The fourth-order valence-corrected chi connectivity index (χ4v) is 3.93. The van der Waals surface area contributed by atoms with Crippen LogP contribution >= 0.6 is 23.2 Å². The second-order valence-corrected chi connectivity index (χ2v) is 8.60. The maximum absolute atomic E-state index is 12.8. The Kier molecular flexibility index (Phi) is 6.46. The highest BCUT2D eigenvalue weighted by Gasteiger charge is 2.32. The third-order valence-corrected chi connectivity index (χ3v) is 5.94. The third-order valence-electron chi connectivity index (χ3n) is 4.12. The van der Waals surface area contributed by atoms with Crippen LogP contribution in [0, 0.1) is 11.3 Å². The molecule has 0 aliphatic rings. The van der Waals surface area contributed by atoms with Crippen molar-refractivity contribution in [1.82, 2.24) is 4.98 Å². The SMILES string of the molecule is N#C[C@H](c1ccc(OS(=O)(=O)c2ccc(Cl)cc2)cc1)c1ncc(C(F)(F)F)cc1Cl. The van der Waals surface area contributed by atoms with Crippen LogP contribution in [0.15, 0.2) is 65.7 Å². The molecular weight excluding hydrogens is 476 g/mol. The summed E-state index contributed by atoms with van der Waals surface area (Å²) in [5.74, 6) is -1.10. The van der Waals surface area contributed by atoms with Crippen LogP contribution in [0.2, 0.25) is 10.0 Å². The lowest BCUT2D eigenvalue weighted by molar-refractivity contribution is -0.137. The Morgan fingerprint density at radius 3 is 2.16 bits per heavy atom. The van der Waals surface area contributed by atoms with Crippen molar-refractivity contribution in [2.24, 2.45) is 0 Å². The number of benzene rings is 2. The summed E-state index contributed by atoms with van der Waals surface area (Å²) in [6, 6.07) is 13.4. The average Bonchev–Trinajstić information content (AvgIpc) is 2.70. The molecular formula is C20H11Cl2F3N2O3S. The van der Waals surface area contributed by atoms with Gasteiger partial charge in [0.05, 0.1) is 22.3 Å². The van der Waals surface area contributed by atoms with Crippen LogP contribution in [0.3, 0.4) is 0 Å². The second-order valence-electron chi connectivity index (χ2n) is 6.21. The molecule has 0 unspecified atom stereocenters. The van der Waals surface area contributed by atoms with Crippen LogP contribution in [-0.2, 0) is 16.3 Å². The maximum Gasteiger partial charge on any atom is 0.417 e. The van der Waals surface area contributed by atoms with Gasteiger partial charge in [0.25, 0.3) is 0 Å². The fraction of sp³-hybridized carbons (Fsp3) is 0.100. The molecule has 1 heterocycles. The van der Waals surface area contributed by atoms with Gasteiger partial charge in [0, 0.05) is 11.2 Å². The lowest BCUT2D eigenvalue weighted by Crippen LogP contribution is -2.10. The van der Waals surface area contributed by atoms with Gasteiger partial charge < -0.3 is 4.18 Å². The first-order valence-corrected chi connectivity index (χ1v) is 10.6. The molecule has 5 nitrogen and oxygen atoms in total. The predicted octanol–water partition coefficient (Wildman–Crippen LogP) is 5.83. The quantitative estimate of drug-likeness (QED) is 0.423. The number of halogens is 5. The van der Waals surface area contributed by atoms with Gasteiger partial charge >= 0.3 is 16.3 Å². The minimum Gasteiger partial charge on any atom is -0.379 e.